The number of rotatable bonds is 7. The Labute approximate surface area is 213 Å². The average Bonchev–Trinajstić information content (AvgIpc) is 3.01. The van der Waals surface area contributed by atoms with E-state index in [4.69, 9.17) is 4.74 Å². The summed E-state index contributed by atoms with van der Waals surface area (Å²) < 4.78 is 33.2. The molecule has 3 atom stereocenters. The van der Waals surface area contributed by atoms with Crippen LogP contribution in [0.4, 0.5) is 8.78 Å². The molecule has 7 nitrogen and oxygen atoms in total. The Bertz CT molecular complexity index is 1240. The molecule has 0 radical (unpaired) electrons. The van der Waals surface area contributed by atoms with Gasteiger partial charge in [-0.05, 0) is 28.8 Å². The van der Waals surface area contributed by atoms with Crippen LogP contribution in [0.15, 0.2) is 78.9 Å². The first-order valence-electron chi connectivity index (χ1n) is 11.8. The molecule has 1 heterocycles. The van der Waals surface area contributed by atoms with Crippen molar-refractivity contribution in [1.29, 1.82) is 0 Å². The van der Waals surface area contributed by atoms with Crippen LogP contribution in [0.5, 0.6) is 0 Å². The van der Waals surface area contributed by atoms with E-state index in [0.717, 1.165) is 17.7 Å². The number of carbonyl (C=O) groups excluding carboxylic acids is 3. The molecule has 1 fully saturated rings. The maximum atomic E-state index is 13.6. The standard InChI is InChI=1S/C28H27F2N3O4/c1-33-12-13-37-26(20-10-6-3-7-11-20)25(28(33)36)32-27(35)24(19-8-4-2-5-9-19)31-23(34)16-18-14-21(29)17-22(30)15-18/h2-11,14-15,17,24-26H,12-13,16H2,1H3,(H,31,34)(H,32,35)/t24-,25-,26+/m0/s1. The van der Waals surface area contributed by atoms with Gasteiger partial charge in [-0.25, -0.2) is 8.78 Å². The highest BCUT2D eigenvalue weighted by Gasteiger charge is 2.38. The molecule has 0 spiro atoms. The summed E-state index contributed by atoms with van der Waals surface area (Å²) in [6, 6.07) is 18.3. The molecule has 4 rings (SSSR count). The van der Waals surface area contributed by atoms with E-state index >= 15 is 0 Å². The van der Waals surface area contributed by atoms with Crippen LogP contribution in [0.3, 0.4) is 0 Å². The molecule has 1 saturated heterocycles. The first kappa shape index (κ1) is 26.0. The maximum Gasteiger partial charge on any atom is 0.248 e. The number of amides is 3. The second kappa shape index (κ2) is 11.7. The van der Waals surface area contributed by atoms with Crippen LogP contribution < -0.4 is 10.6 Å². The summed E-state index contributed by atoms with van der Waals surface area (Å²) in [5, 5.41) is 5.43. The Kier molecular flexibility index (Phi) is 8.25. The quantitative estimate of drug-likeness (QED) is 0.515. The molecule has 0 aromatic heterocycles. The fourth-order valence-electron chi connectivity index (χ4n) is 4.25. The van der Waals surface area contributed by atoms with Crippen molar-refractivity contribution in [3.05, 3.63) is 107 Å². The van der Waals surface area contributed by atoms with Crippen LogP contribution in [0.25, 0.3) is 0 Å². The predicted molar refractivity (Wildman–Crippen MR) is 132 cm³/mol. The van der Waals surface area contributed by atoms with E-state index in [1.165, 1.54) is 4.90 Å². The molecular formula is C28H27F2N3O4. The normalized spacial score (nSPS) is 18.6. The predicted octanol–water partition coefficient (Wildman–Crippen LogP) is 3.08. The Morgan fingerprint density at radius 3 is 2.27 bits per heavy atom. The second-order valence-corrected chi connectivity index (χ2v) is 8.81. The molecular weight excluding hydrogens is 480 g/mol. The number of ether oxygens (including phenoxy) is 1. The SMILES string of the molecule is CN1CCO[C@H](c2ccccc2)[C@H](NC(=O)[C@@H](NC(=O)Cc2cc(F)cc(F)c2)c2ccccc2)C1=O. The van der Waals surface area contributed by atoms with Gasteiger partial charge in [0.15, 0.2) is 0 Å². The van der Waals surface area contributed by atoms with Crippen LogP contribution in [0.2, 0.25) is 0 Å². The van der Waals surface area contributed by atoms with Gasteiger partial charge in [-0.3, -0.25) is 14.4 Å². The third kappa shape index (κ3) is 6.56. The fourth-order valence-corrected chi connectivity index (χ4v) is 4.25. The van der Waals surface area contributed by atoms with Crippen LogP contribution in [-0.2, 0) is 25.5 Å². The summed E-state index contributed by atoms with van der Waals surface area (Å²) in [5.74, 6) is -3.17. The van der Waals surface area contributed by atoms with Gasteiger partial charge < -0.3 is 20.3 Å². The number of benzene rings is 3. The minimum absolute atomic E-state index is 0.125. The third-order valence-electron chi connectivity index (χ3n) is 6.08. The number of hydrogen-bond acceptors (Lipinski definition) is 4. The lowest BCUT2D eigenvalue weighted by Crippen LogP contribution is -2.52. The second-order valence-electron chi connectivity index (χ2n) is 8.81. The summed E-state index contributed by atoms with van der Waals surface area (Å²) in [5.41, 5.74) is 1.33. The highest BCUT2D eigenvalue weighted by Crippen LogP contribution is 2.26. The summed E-state index contributed by atoms with van der Waals surface area (Å²) in [6.07, 6.45) is -1.07. The lowest BCUT2D eigenvalue weighted by atomic mass is 9.99. The van der Waals surface area contributed by atoms with Crippen molar-refractivity contribution in [3.63, 3.8) is 0 Å². The first-order valence-corrected chi connectivity index (χ1v) is 11.8. The zero-order valence-electron chi connectivity index (χ0n) is 20.2. The summed E-state index contributed by atoms with van der Waals surface area (Å²) in [4.78, 5) is 41.1. The molecule has 3 aromatic rings. The number of nitrogens with one attached hydrogen (secondary N) is 2. The Morgan fingerprint density at radius 2 is 1.62 bits per heavy atom. The van der Waals surface area contributed by atoms with Gasteiger partial charge in [0.25, 0.3) is 0 Å². The van der Waals surface area contributed by atoms with Gasteiger partial charge in [-0.2, -0.15) is 0 Å². The summed E-state index contributed by atoms with van der Waals surface area (Å²) in [7, 11) is 1.63. The van der Waals surface area contributed by atoms with Crippen molar-refractivity contribution >= 4 is 17.7 Å². The van der Waals surface area contributed by atoms with Gasteiger partial charge in [0.05, 0.1) is 13.0 Å². The van der Waals surface area contributed by atoms with Crippen LogP contribution >= 0.6 is 0 Å². The maximum absolute atomic E-state index is 13.6. The number of hydrogen-bond donors (Lipinski definition) is 2. The zero-order valence-corrected chi connectivity index (χ0v) is 20.2. The van der Waals surface area contributed by atoms with Crippen LogP contribution in [0, 0.1) is 11.6 Å². The van der Waals surface area contributed by atoms with E-state index in [1.54, 1.807) is 37.4 Å². The zero-order chi connectivity index (χ0) is 26.4. The van der Waals surface area contributed by atoms with E-state index < -0.39 is 41.6 Å². The summed E-state index contributed by atoms with van der Waals surface area (Å²) in [6.45, 7) is 0.648. The first-order chi connectivity index (χ1) is 17.8. The minimum Gasteiger partial charge on any atom is -0.369 e. The highest BCUT2D eigenvalue weighted by atomic mass is 19.1. The Hall–Kier alpha value is -4.11. The monoisotopic (exact) mass is 507 g/mol. The molecule has 9 heteroatoms. The van der Waals surface area contributed by atoms with Crippen molar-refractivity contribution in [1.82, 2.24) is 15.5 Å². The van der Waals surface area contributed by atoms with E-state index in [1.807, 2.05) is 30.3 Å². The Morgan fingerprint density at radius 1 is 1.00 bits per heavy atom. The summed E-state index contributed by atoms with van der Waals surface area (Å²) >= 11 is 0. The van der Waals surface area contributed by atoms with Crippen molar-refractivity contribution in [2.75, 3.05) is 20.2 Å². The molecule has 1 aliphatic heterocycles. The number of nitrogens with zero attached hydrogens (tertiary/aromatic N) is 1. The molecule has 0 aliphatic carbocycles. The topological polar surface area (TPSA) is 87.7 Å². The highest BCUT2D eigenvalue weighted by molar-refractivity contribution is 5.93. The van der Waals surface area contributed by atoms with E-state index in [2.05, 4.69) is 10.6 Å². The number of carbonyl (C=O) groups is 3. The lowest BCUT2D eigenvalue weighted by molar-refractivity contribution is -0.137. The third-order valence-corrected chi connectivity index (χ3v) is 6.08. The van der Waals surface area contributed by atoms with Crippen molar-refractivity contribution in [2.24, 2.45) is 0 Å². The molecule has 0 saturated carbocycles. The van der Waals surface area contributed by atoms with Gasteiger partial charge in [-0.15, -0.1) is 0 Å². The number of likely N-dealkylation sites (N-methyl/N-ethyl adjacent to an activating group) is 1. The van der Waals surface area contributed by atoms with Crippen LogP contribution in [-0.4, -0.2) is 48.9 Å². The average molecular weight is 508 g/mol. The van der Waals surface area contributed by atoms with Crippen molar-refractivity contribution in [2.45, 2.75) is 24.6 Å². The van der Waals surface area contributed by atoms with Crippen LogP contribution in [0.1, 0.15) is 28.8 Å². The molecule has 0 bridgehead atoms. The molecule has 2 N–H and O–H groups in total. The lowest BCUT2D eigenvalue weighted by Gasteiger charge is -2.28. The van der Waals surface area contributed by atoms with E-state index in [9.17, 15) is 23.2 Å². The van der Waals surface area contributed by atoms with Gasteiger partial charge >= 0.3 is 0 Å². The van der Waals surface area contributed by atoms with Gasteiger partial charge in [0.1, 0.15) is 29.8 Å². The van der Waals surface area contributed by atoms with Crippen molar-refractivity contribution < 1.29 is 27.9 Å². The van der Waals surface area contributed by atoms with Crippen molar-refractivity contribution in [3.8, 4) is 0 Å². The smallest absolute Gasteiger partial charge is 0.248 e. The van der Waals surface area contributed by atoms with Gasteiger partial charge in [0, 0.05) is 19.7 Å². The van der Waals surface area contributed by atoms with E-state index in [-0.39, 0.29) is 24.5 Å². The van der Waals surface area contributed by atoms with Gasteiger partial charge in [0.2, 0.25) is 17.7 Å². The molecule has 192 valence electrons. The molecule has 0 unspecified atom stereocenters. The molecule has 37 heavy (non-hydrogen) atoms. The van der Waals surface area contributed by atoms with Gasteiger partial charge in [-0.1, -0.05) is 60.7 Å². The Balaban J connectivity index is 1.59. The minimum atomic E-state index is -1.16. The molecule has 3 aromatic carbocycles. The van der Waals surface area contributed by atoms with E-state index in [0.29, 0.717) is 18.2 Å². The largest absolute Gasteiger partial charge is 0.369 e. The fraction of sp³-hybridized carbons (Fsp3) is 0.250. The molecule has 1 aliphatic rings. The number of halogens is 2. The molecule has 3 amide bonds.